The van der Waals surface area contributed by atoms with Crippen molar-refractivity contribution in [2.45, 2.75) is 20.4 Å². The van der Waals surface area contributed by atoms with Crippen molar-refractivity contribution in [2.75, 3.05) is 6.54 Å². The number of aromatic carboxylic acids is 1. The molecule has 0 aliphatic rings. The van der Waals surface area contributed by atoms with Gasteiger partial charge in [0.25, 0.3) is 0 Å². The zero-order valence-corrected chi connectivity index (χ0v) is 10.1. The summed E-state index contributed by atoms with van der Waals surface area (Å²) in [6.45, 7) is 4.90. The minimum absolute atomic E-state index is 0.321. The molecule has 1 heterocycles. The number of carbonyl (C=O) groups is 1. The zero-order valence-electron chi connectivity index (χ0n) is 9.28. The monoisotopic (exact) mass is 238 g/mol. The molecule has 0 aliphatic carbocycles. The molecule has 1 aromatic heterocycles. The van der Waals surface area contributed by atoms with E-state index in [0.29, 0.717) is 18.7 Å². The van der Waals surface area contributed by atoms with Gasteiger partial charge in [0.1, 0.15) is 0 Å². The van der Waals surface area contributed by atoms with Gasteiger partial charge in [0.05, 0.1) is 17.0 Å². The van der Waals surface area contributed by atoms with Gasteiger partial charge in [0.15, 0.2) is 0 Å². The molecule has 5 heteroatoms. The average molecular weight is 238 g/mol. The first kappa shape index (κ1) is 12.7. The third kappa shape index (κ3) is 3.65. The highest BCUT2D eigenvalue weighted by Crippen LogP contribution is 2.15. The third-order valence-corrected chi connectivity index (χ3v) is 3.01. The van der Waals surface area contributed by atoms with Gasteiger partial charge in [-0.15, -0.1) is 11.3 Å². The van der Waals surface area contributed by atoms with Crippen molar-refractivity contribution in [2.24, 2.45) is 5.41 Å². The zero-order chi connectivity index (χ0) is 12.2. The van der Waals surface area contributed by atoms with Gasteiger partial charge in [0.2, 0.25) is 0 Å². The lowest BCUT2D eigenvalue weighted by Gasteiger charge is -2.15. The highest BCUT2D eigenvalue weighted by molar-refractivity contribution is 7.10. The fraction of sp³-hybridized carbons (Fsp3) is 0.455. The molecule has 2 N–H and O–H groups in total. The second-order valence-electron chi connectivity index (χ2n) is 4.21. The topological polar surface area (TPSA) is 73.1 Å². The molecule has 0 bridgehead atoms. The van der Waals surface area contributed by atoms with E-state index in [-0.39, 0.29) is 0 Å². The van der Waals surface area contributed by atoms with Crippen molar-refractivity contribution >= 4 is 17.3 Å². The molecule has 0 aromatic carbocycles. The minimum Gasteiger partial charge on any atom is -0.478 e. The third-order valence-electron chi connectivity index (χ3n) is 2.07. The Bertz CT molecular complexity index is 418. The maximum absolute atomic E-state index is 10.6. The summed E-state index contributed by atoms with van der Waals surface area (Å²) >= 11 is 1.41. The maximum atomic E-state index is 10.6. The molecule has 0 atom stereocenters. The van der Waals surface area contributed by atoms with Gasteiger partial charge < -0.3 is 10.4 Å². The molecule has 0 aliphatic heterocycles. The van der Waals surface area contributed by atoms with Crippen LogP contribution in [0, 0.1) is 16.7 Å². The van der Waals surface area contributed by atoms with Crippen LogP contribution in [0.25, 0.3) is 0 Å². The Kier molecular flexibility index (Phi) is 4.05. The van der Waals surface area contributed by atoms with Gasteiger partial charge in [-0.1, -0.05) is 0 Å². The van der Waals surface area contributed by atoms with Gasteiger partial charge in [-0.05, 0) is 19.9 Å². The van der Waals surface area contributed by atoms with E-state index in [1.54, 1.807) is 11.4 Å². The fourth-order valence-electron chi connectivity index (χ4n) is 1.12. The van der Waals surface area contributed by atoms with E-state index in [1.165, 1.54) is 11.3 Å². The SMILES string of the molecule is CC(C)(C#N)CNCc1cc(C(=O)O)cs1. The van der Waals surface area contributed by atoms with Crippen LogP contribution in [0.3, 0.4) is 0 Å². The number of nitrogens with zero attached hydrogens (tertiary/aromatic N) is 1. The lowest BCUT2D eigenvalue weighted by Crippen LogP contribution is -2.27. The van der Waals surface area contributed by atoms with Gasteiger partial charge in [-0.3, -0.25) is 0 Å². The lowest BCUT2D eigenvalue weighted by atomic mass is 9.96. The number of carboxylic acids is 1. The van der Waals surface area contributed by atoms with Crippen LogP contribution in [-0.4, -0.2) is 17.6 Å². The molecule has 0 radical (unpaired) electrons. The van der Waals surface area contributed by atoms with Crippen LogP contribution in [0.1, 0.15) is 29.1 Å². The first-order valence-electron chi connectivity index (χ1n) is 4.87. The summed E-state index contributed by atoms with van der Waals surface area (Å²) in [4.78, 5) is 11.6. The molecule has 0 amide bonds. The van der Waals surface area contributed by atoms with Crippen molar-refractivity contribution in [1.82, 2.24) is 5.32 Å². The molecule has 0 spiro atoms. The summed E-state index contributed by atoms with van der Waals surface area (Å²) in [7, 11) is 0. The maximum Gasteiger partial charge on any atom is 0.336 e. The summed E-state index contributed by atoms with van der Waals surface area (Å²) in [5, 5.41) is 22.3. The van der Waals surface area contributed by atoms with Crippen molar-refractivity contribution in [3.05, 3.63) is 21.9 Å². The number of rotatable bonds is 5. The van der Waals surface area contributed by atoms with Crippen molar-refractivity contribution in [1.29, 1.82) is 5.26 Å². The molecular weight excluding hydrogens is 224 g/mol. The molecule has 16 heavy (non-hydrogen) atoms. The van der Waals surface area contributed by atoms with Crippen LogP contribution in [-0.2, 0) is 6.54 Å². The largest absolute Gasteiger partial charge is 0.478 e. The van der Waals surface area contributed by atoms with Crippen LogP contribution >= 0.6 is 11.3 Å². The lowest BCUT2D eigenvalue weighted by molar-refractivity contribution is 0.0697. The van der Waals surface area contributed by atoms with Crippen molar-refractivity contribution < 1.29 is 9.90 Å². The molecule has 1 aromatic rings. The Morgan fingerprint density at radius 1 is 1.69 bits per heavy atom. The van der Waals surface area contributed by atoms with E-state index in [1.807, 2.05) is 13.8 Å². The number of nitriles is 1. The van der Waals surface area contributed by atoms with Gasteiger partial charge in [-0.25, -0.2) is 4.79 Å². The number of hydrogen-bond donors (Lipinski definition) is 2. The highest BCUT2D eigenvalue weighted by atomic mass is 32.1. The van der Waals surface area contributed by atoms with Crippen LogP contribution in [0.4, 0.5) is 0 Å². The molecule has 0 fully saturated rings. The van der Waals surface area contributed by atoms with Crippen LogP contribution in [0.15, 0.2) is 11.4 Å². The summed E-state index contributed by atoms with van der Waals surface area (Å²) < 4.78 is 0. The molecule has 0 unspecified atom stereocenters. The van der Waals surface area contributed by atoms with Crippen LogP contribution in [0.5, 0.6) is 0 Å². The van der Waals surface area contributed by atoms with Crippen molar-refractivity contribution in [3.8, 4) is 6.07 Å². The molecule has 0 saturated heterocycles. The smallest absolute Gasteiger partial charge is 0.336 e. The predicted octanol–water partition coefficient (Wildman–Crippen LogP) is 2.09. The molecule has 1 rings (SSSR count). The Balaban J connectivity index is 2.44. The normalized spacial score (nSPS) is 11.1. The quantitative estimate of drug-likeness (QED) is 0.823. The van der Waals surface area contributed by atoms with Crippen molar-refractivity contribution in [3.63, 3.8) is 0 Å². The Morgan fingerprint density at radius 2 is 2.38 bits per heavy atom. The second-order valence-corrected chi connectivity index (χ2v) is 5.20. The highest BCUT2D eigenvalue weighted by Gasteiger charge is 2.15. The average Bonchev–Trinajstić information content (AvgIpc) is 2.66. The number of hydrogen-bond acceptors (Lipinski definition) is 4. The van der Waals surface area contributed by atoms with E-state index in [4.69, 9.17) is 10.4 Å². The Labute approximate surface area is 98.5 Å². The summed E-state index contributed by atoms with van der Waals surface area (Å²) in [6.07, 6.45) is 0. The van der Waals surface area contributed by atoms with E-state index in [9.17, 15) is 4.79 Å². The number of thiophene rings is 1. The van der Waals surface area contributed by atoms with Gasteiger partial charge in [0, 0.05) is 23.3 Å². The Morgan fingerprint density at radius 3 is 2.88 bits per heavy atom. The summed E-state index contributed by atoms with van der Waals surface area (Å²) in [5.41, 5.74) is -0.0753. The van der Waals surface area contributed by atoms with E-state index < -0.39 is 11.4 Å². The fourth-order valence-corrected chi connectivity index (χ4v) is 1.95. The first-order chi connectivity index (χ1) is 7.44. The standard InChI is InChI=1S/C11H14N2O2S/c1-11(2,6-12)7-13-4-9-3-8(5-16-9)10(14)15/h3,5,13H,4,7H2,1-2H3,(H,14,15). The molecule has 4 nitrogen and oxygen atoms in total. The Hall–Kier alpha value is -1.38. The summed E-state index contributed by atoms with van der Waals surface area (Å²) in [6, 6.07) is 3.85. The number of carboxylic acid groups (broad SMARTS) is 1. The second kappa shape index (κ2) is 5.10. The first-order valence-corrected chi connectivity index (χ1v) is 5.75. The number of nitrogens with one attached hydrogen (secondary N) is 1. The van der Waals surface area contributed by atoms with Gasteiger partial charge in [-0.2, -0.15) is 5.26 Å². The van der Waals surface area contributed by atoms with E-state index in [0.717, 1.165) is 4.88 Å². The van der Waals surface area contributed by atoms with Crippen LogP contribution in [0.2, 0.25) is 0 Å². The van der Waals surface area contributed by atoms with E-state index >= 15 is 0 Å². The van der Waals surface area contributed by atoms with E-state index in [2.05, 4.69) is 11.4 Å². The van der Waals surface area contributed by atoms with Crippen LogP contribution < -0.4 is 5.32 Å². The van der Waals surface area contributed by atoms with Gasteiger partial charge >= 0.3 is 5.97 Å². The molecular formula is C11H14N2O2S. The molecule has 86 valence electrons. The summed E-state index contributed by atoms with van der Waals surface area (Å²) in [5.74, 6) is -0.903. The molecule has 0 saturated carbocycles. The minimum atomic E-state index is -0.903. The predicted molar refractivity (Wildman–Crippen MR) is 62.4 cm³/mol.